The van der Waals surface area contributed by atoms with Crippen LogP contribution >= 0.6 is 11.3 Å². The van der Waals surface area contributed by atoms with Crippen LogP contribution in [0, 0.1) is 0 Å². The topological polar surface area (TPSA) is 73.3 Å². The van der Waals surface area contributed by atoms with E-state index >= 15 is 0 Å². The average molecular weight is 430 g/mol. The van der Waals surface area contributed by atoms with Gasteiger partial charge in [-0.2, -0.15) is 0 Å². The SMILES string of the molecule is COc1ccccc1Cc1nnc(NC(=O)C2c3ccccc3Oc3ccccc32)s1. The van der Waals surface area contributed by atoms with Crippen molar-refractivity contribution in [2.75, 3.05) is 12.4 Å². The van der Waals surface area contributed by atoms with Gasteiger partial charge in [0.25, 0.3) is 0 Å². The lowest BCUT2D eigenvalue weighted by molar-refractivity contribution is -0.116. The number of benzene rings is 3. The first-order valence-corrected chi connectivity index (χ1v) is 10.7. The molecule has 1 aromatic heterocycles. The number of methoxy groups -OCH3 is 1. The molecule has 0 saturated carbocycles. The van der Waals surface area contributed by atoms with Crippen LogP contribution in [0.2, 0.25) is 0 Å². The van der Waals surface area contributed by atoms with Crippen LogP contribution in [0.1, 0.15) is 27.6 Å². The molecule has 31 heavy (non-hydrogen) atoms. The Kier molecular flexibility index (Phi) is 5.09. The number of ether oxygens (including phenoxy) is 2. The van der Waals surface area contributed by atoms with Gasteiger partial charge in [0.2, 0.25) is 11.0 Å². The molecule has 2 heterocycles. The normalized spacial score (nSPS) is 12.4. The maximum absolute atomic E-state index is 13.3. The second-order valence-corrected chi connectivity index (χ2v) is 8.15. The Morgan fingerprint density at radius 2 is 1.61 bits per heavy atom. The first kappa shape index (κ1) is 19.3. The van der Waals surface area contributed by atoms with Crippen molar-refractivity contribution < 1.29 is 14.3 Å². The fourth-order valence-corrected chi connectivity index (χ4v) is 4.52. The first-order valence-electron chi connectivity index (χ1n) is 9.84. The average Bonchev–Trinajstić information content (AvgIpc) is 3.24. The monoisotopic (exact) mass is 429 g/mol. The number of hydrogen-bond acceptors (Lipinski definition) is 6. The van der Waals surface area contributed by atoms with E-state index in [1.54, 1.807) is 7.11 Å². The van der Waals surface area contributed by atoms with Gasteiger partial charge in [0, 0.05) is 23.1 Å². The van der Waals surface area contributed by atoms with Crippen LogP contribution in [0.15, 0.2) is 72.8 Å². The molecule has 4 aromatic rings. The summed E-state index contributed by atoms with van der Waals surface area (Å²) in [5, 5.41) is 12.6. The number of fused-ring (bicyclic) bond motifs is 2. The Morgan fingerprint density at radius 3 is 2.32 bits per heavy atom. The van der Waals surface area contributed by atoms with E-state index in [1.165, 1.54) is 11.3 Å². The predicted molar refractivity (Wildman–Crippen MR) is 119 cm³/mol. The maximum Gasteiger partial charge on any atom is 0.238 e. The molecule has 1 N–H and O–H groups in total. The van der Waals surface area contributed by atoms with Crippen molar-refractivity contribution in [3.63, 3.8) is 0 Å². The third-order valence-electron chi connectivity index (χ3n) is 5.17. The van der Waals surface area contributed by atoms with Gasteiger partial charge < -0.3 is 9.47 Å². The lowest BCUT2D eigenvalue weighted by Crippen LogP contribution is -2.25. The number of nitrogens with zero attached hydrogens (tertiary/aromatic N) is 2. The van der Waals surface area contributed by atoms with E-state index in [0.717, 1.165) is 27.4 Å². The van der Waals surface area contributed by atoms with Gasteiger partial charge in [-0.05, 0) is 18.2 Å². The van der Waals surface area contributed by atoms with Gasteiger partial charge in [-0.1, -0.05) is 65.9 Å². The Balaban J connectivity index is 1.39. The molecular weight excluding hydrogens is 410 g/mol. The molecule has 0 unspecified atom stereocenters. The molecule has 1 aliphatic heterocycles. The third-order valence-corrected chi connectivity index (χ3v) is 6.01. The van der Waals surface area contributed by atoms with Gasteiger partial charge >= 0.3 is 0 Å². The summed E-state index contributed by atoms with van der Waals surface area (Å²) in [6.07, 6.45) is 0.584. The van der Waals surface area contributed by atoms with Crippen LogP contribution in [0.3, 0.4) is 0 Å². The molecule has 0 fully saturated rings. The second kappa shape index (κ2) is 8.20. The number of rotatable bonds is 5. The molecule has 5 rings (SSSR count). The minimum Gasteiger partial charge on any atom is -0.496 e. The number of amides is 1. The van der Waals surface area contributed by atoms with E-state index < -0.39 is 5.92 Å². The van der Waals surface area contributed by atoms with Gasteiger partial charge in [0.1, 0.15) is 22.3 Å². The number of aromatic nitrogens is 2. The molecule has 1 amide bonds. The van der Waals surface area contributed by atoms with E-state index in [0.29, 0.717) is 23.1 Å². The fourth-order valence-electron chi connectivity index (χ4n) is 3.76. The van der Waals surface area contributed by atoms with Gasteiger partial charge in [-0.25, -0.2) is 0 Å². The molecule has 0 radical (unpaired) electrons. The molecule has 0 spiro atoms. The highest BCUT2D eigenvalue weighted by atomic mass is 32.1. The zero-order valence-electron chi connectivity index (χ0n) is 16.7. The largest absolute Gasteiger partial charge is 0.496 e. The summed E-state index contributed by atoms with van der Waals surface area (Å²) < 4.78 is 11.4. The van der Waals surface area contributed by atoms with E-state index in [1.807, 2.05) is 72.8 Å². The Bertz CT molecular complexity index is 1210. The highest BCUT2D eigenvalue weighted by Crippen LogP contribution is 2.44. The van der Waals surface area contributed by atoms with Crippen molar-refractivity contribution in [2.45, 2.75) is 12.3 Å². The molecule has 0 bridgehead atoms. The van der Waals surface area contributed by atoms with E-state index in [4.69, 9.17) is 9.47 Å². The van der Waals surface area contributed by atoms with Crippen molar-refractivity contribution in [2.24, 2.45) is 0 Å². The summed E-state index contributed by atoms with van der Waals surface area (Å²) in [6.45, 7) is 0. The summed E-state index contributed by atoms with van der Waals surface area (Å²) in [7, 11) is 1.65. The zero-order valence-corrected chi connectivity index (χ0v) is 17.6. The Labute approximate surface area is 183 Å². The molecule has 154 valence electrons. The zero-order chi connectivity index (χ0) is 21.2. The van der Waals surface area contributed by atoms with Crippen molar-refractivity contribution in [3.05, 3.63) is 94.5 Å². The molecule has 1 aliphatic rings. The summed E-state index contributed by atoms with van der Waals surface area (Å²) in [5.41, 5.74) is 2.68. The number of para-hydroxylation sites is 3. The Hall–Kier alpha value is -3.71. The lowest BCUT2D eigenvalue weighted by atomic mass is 9.87. The molecule has 6 nitrogen and oxygen atoms in total. The predicted octanol–water partition coefficient (Wildman–Crippen LogP) is 5.01. The molecular formula is C24H19N3O3S. The summed E-state index contributed by atoms with van der Waals surface area (Å²) >= 11 is 1.36. The van der Waals surface area contributed by atoms with Crippen molar-refractivity contribution >= 4 is 22.4 Å². The number of carbonyl (C=O) groups excluding carboxylic acids is 1. The minimum absolute atomic E-state index is 0.164. The molecule has 7 heteroatoms. The fraction of sp³-hybridized carbons (Fsp3) is 0.125. The number of hydrogen-bond donors (Lipinski definition) is 1. The standard InChI is InChI=1S/C24H19N3O3S/c1-29-18-11-5-2-8-15(18)14-21-26-27-24(31-21)25-23(28)22-16-9-3-6-12-19(16)30-20-13-7-4-10-17(20)22/h2-13,22H,14H2,1H3,(H,25,27,28). The third kappa shape index (κ3) is 3.75. The minimum atomic E-state index is -0.484. The second-order valence-electron chi connectivity index (χ2n) is 7.09. The van der Waals surface area contributed by atoms with Crippen LogP contribution in [-0.4, -0.2) is 23.2 Å². The van der Waals surface area contributed by atoms with Crippen LogP contribution in [-0.2, 0) is 11.2 Å². The van der Waals surface area contributed by atoms with Crippen molar-refractivity contribution in [1.82, 2.24) is 10.2 Å². The van der Waals surface area contributed by atoms with E-state index in [2.05, 4.69) is 15.5 Å². The van der Waals surface area contributed by atoms with Crippen molar-refractivity contribution in [1.29, 1.82) is 0 Å². The lowest BCUT2D eigenvalue weighted by Gasteiger charge is -2.27. The van der Waals surface area contributed by atoms with Crippen LogP contribution in [0.25, 0.3) is 0 Å². The van der Waals surface area contributed by atoms with Crippen LogP contribution < -0.4 is 14.8 Å². The van der Waals surface area contributed by atoms with Gasteiger partial charge in [-0.3, -0.25) is 10.1 Å². The smallest absolute Gasteiger partial charge is 0.238 e. The van der Waals surface area contributed by atoms with Crippen molar-refractivity contribution in [3.8, 4) is 17.2 Å². The van der Waals surface area contributed by atoms with E-state index in [-0.39, 0.29) is 5.91 Å². The van der Waals surface area contributed by atoms with Crippen LogP contribution in [0.4, 0.5) is 5.13 Å². The molecule has 0 saturated heterocycles. The highest BCUT2D eigenvalue weighted by molar-refractivity contribution is 7.15. The summed E-state index contributed by atoms with van der Waals surface area (Å²) in [6, 6.07) is 23.0. The quantitative estimate of drug-likeness (QED) is 0.483. The maximum atomic E-state index is 13.3. The molecule has 0 aliphatic carbocycles. The van der Waals surface area contributed by atoms with Crippen LogP contribution in [0.5, 0.6) is 17.2 Å². The summed E-state index contributed by atoms with van der Waals surface area (Å²) in [5.74, 6) is 1.54. The first-order chi connectivity index (χ1) is 15.2. The Morgan fingerprint density at radius 1 is 0.968 bits per heavy atom. The van der Waals surface area contributed by atoms with Gasteiger partial charge in [0.05, 0.1) is 13.0 Å². The van der Waals surface area contributed by atoms with Gasteiger partial charge in [-0.15, -0.1) is 10.2 Å². The number of nitrogens with one attached hydrogen (secondary N) is 1. The molecule has 3 aromatic carbocycles. The molecule has 0 atom stereocenters. The number of anilines is 1. The van der Waals surface area contributed by atoms with Gasteiger partial charge in [0.15, 0.2) is 0 Å². The summed E-state index contributed by atoms with van der Waals surface area (Å²) in [4.78, 5) is 13.3. The van der Waals surface area contributed by atoms with E-state index in [9.17, 15) is 4.79 Å². The highest BCUT2D eigenvalue weighted by Gasteiger charge is 2.32. The number of carbonyl (C=O) groups is 1.